The molecule has 0 saturated carbocycles. The molecule has 0 amide bonds. The molecule has 0 unspecified atom stereocenters. The molecule has 2 aromatic heterocycles. The molecule has 120 valence electrons. The van der Waals surface area contributed by atoms with Crippen LogP contribution >= 0.6 is 0 Å². The lowest BCUT2D eigenvalue weighted by Crippen LogP contribution is -2.39. The molecule has 0 bridgehead atoms. The molecule has 9 heteroatoms. The molecule has 1 aliphatic rings. The summed E-state index contributed by atoms with van der Waals surface area (Å²) in [4.78, 5) is 9.78. The van der Waals surface area contributed by atoms with E-state index < -0.39 is 0 Å². The van der Waals surface area contributed by atoms with Gasteiger partial charge in [-0.15, -0.1) is 5.10 Å². The van der Waals surface area contributed by atoms with E-state index in [0.717, 1.165) is 36.8 Å². The third kappa shape index (κ3) is 3.32. The molecule has 22 heavy (non-hydrogen) atoms. The van der Waals surface area contributed by atoms with Crippen LogP contribution in [0.1, 0.15) is 23.3 Å². The van der Waals surface area contributed by atoms with Crippen molar-refractivity contribution in [2.45, 2.75) is 26.1 Å². The van der Waals surface area contributed by atoms with Crippen LogP contribution in [0.15, 0.2) is 6.33 Å². The standard InChI is InChI=1S/C13H21N7O2/c1-10-11(15-9-14-10)7-19-3-6-22-12(8-19)13-16-17-18-20(13)4-5-21-2/h9,12H,3-8H2,1-2H3,(H,14,15)/t12-/m1/s1. The maximum absolute atomic E-state index is 5.85. The molecule has 1 aliphatic heterocycles. The van der Waals surface area contributed by atoms with Gasteiger partial charge in [0.15, 0.2) is 5.82 Å². The summed E-state index contributed by atoms with van der Waals surface area (Å²) in [6.07, 6.45) is 1.60. The Kier molecular flexibility index (Phi) is 4.76. The number of hydrogen-bond donors (Lipinski definition) is 1. The first-order valence-electron chi connectivity index (χ1n) is 7.35. The number of imidazole rings is 1. The summed E-state index contributed by atoms with van der Waals surface area (Å²) in [5.41, 5.74) is 2.17. The molecule has 1 N–H and O–H groups in total. The summed E-state index contributed by atoms with van der Waals surface area (Å²) >= 11 is 0. The molecule has 0 aromatic carbocycles. The molecular weight excluding hydrogens is 286 g/mol. The SMILES string of the molecule is COCCn1nnnc1[C@H]1CN(Cc2nc[nH]c2C)CCO1. The van der Waals surface area contributed by atoms with Crippen LogP contribution in [0.3, 0.4) is 0 Å². The average molecular weight is 307 g/mol. The number of ether oxygens (including phenoxy) is 2. The van der Waals surface area contributed by atoms with Gasteiger partial charge in [0.1, 0.15) is 6.10 Å². The molecular formula is C13H21N7O2. The summed E-state index contributed by atoms with van der Waals surface area (Å²) in [5, 5.41) is 11.9. The lowest BCUT2D eigenvalue weighted by molar-refractivity contribution is -0.0400. The minimum atomic E-state index is -0.125. The minimum absolute atomic E-state index is 0.125. The Morgan fingerprint density at radius 2 is 2.41 bits per heavy atom. The second-order valence-corrected chi connectivity index (χ2v) is 5.32. The van der Waals surface area contributed by atoms with Gasteiger partial charge in [-0.3, -0.25) is 4.90 Å². The number of tetrazole rings is 1. The van der Waals surface area contributed by atoms with E-state index in [9.17, 15) is 0 Å². The fourth-order valence-corrected chi connectivity index (χ4v) is 2.54. The monoisotopic (exact) mass is 307 g/mol. The highest BCUT2D eigenvalue weighted by Crippen LogP contribution is 2.21. The van der Waals surface area contributed by atoms with E-state index in [2.05, 4.69) is 30.4 Å². The van der Waals surface area contributed by atoms with E-state index in [4.69, 9.17) is 9.47 Å². The number of aromatic nitrogens is 6. The van der Waals surface area contributed by atoms with Gasteiger partial charge in [-0.25, -0.2) is 9.67 Å². The van der Waals surface area contributed by atoms with Gasteiger partial charge in [0.05, 0.1) is 31.8 Å². The number of nitrogens with one attached hydrogen (secondary N) is 1. The molecule has 0 radical (unpaired) electrons. The zero-order valence-electron chi connectivity index (χ0n) is 12.9. The van der Waals surface area contributed by atoms with Gasteiger partial charge < -0.3 is 14.5 Å². The van der Waals surface area contributed by atoms with E-state index >= 15 is 0 Å². The Morgan fingerprint density at radius 3 is 3.18 bits per heavy atom. The van der Waals surface area contributed by atoms with Crippen molar-refractivity contribution >= 4 is 0 Å². The van der Waals surface area contributed by atoms with Crippen LogP contribution in [0.25, 0.3) is 0 Å². The second kappa shape index (κ2) is 6.95. The fourth-order valence-electron chi connectivity index (χ4n) is 2.54. The molecule has 0 spiro atoms. The number of aryl methyl sites for hydroxylation is 1. The molecule has 1 saturated heterocycles. The van der Waals surface area contributed by atoms with Crippen LogP contribution in [0.4, 0.5) is 0 Å². The molecule has 1 atom stereocenters. The average Bonchev–Trinajstić information content (AvgIpc) is 3.15. The molecule has 3 heterocycles. The van der Waals surface area contributed by atoms with Gasteiger partial charge in [-0.2, -0.15) is 0 Å². The van der Waals surface area contributed by atoms with Gasteiger partial charge in [0.2, 0.25) is 0 Å². The Labute approximate surface area is 128 Å². The van der Waals surface area contributed by atoms with Crippen LogP contribution in [0.5, 0.6) is 0 Å². The van der Waals surface area contributed by atoms with Crippen LogP contribution < -0.4 is 0 Å². The quantitative estimate of drug-likeness (QED) is 0.798. The topological polar surface area (TPSA) is 94.0 Å². The lowest BCUT2D eigenvalue weighted by Gasteiger charge is -2.31. The molecule has 3 rings (SSSR count). The Hall–Kier alpha value is -1.84. The van der Waals surface area contributed by atoms with Crippen molar-refractivity contribution in [2.75, 3.05) is 33.4 Å². The minimum Gasteiger partial charge on any atom is -0.383 e. The maximum atomic E-state index is 5.85. The number of methoxy groups -OCH3 is 1. The normalized spacial score (nSPS) is 19.6. The highest BCUT2D eigenvalue weighted by atomic mass is 16.5. The summed E-state index contributed by atoms with van der Waals surface area (Å²) in [6, 6.07) is 0. The number of H-pyrrole nitrogens is 1. The van der Waals surface area contributed by atoms with Crippen molar-refractivity contribution in [2.24, 2.45) is 0 Å². The van der Waals surface area contributed by atoms with Gasteiger partial charge in [0.25, 0.3) is 0 Å². The summed E-state index contributed by atoms with van der Waals surface area (Å²) < 4.78 is 12.7. The van der Waals surface area contributed by atoms with Crippen molar-refractivity contribution < 1.29 is 9.47 Å². The van der Waals surface area contributed by atoms with Gasteiger partial charge in [-0.05, 0) is 17.4 Å². The van der Waals surface area contributed by atoms with E-state index in [0.29, 0.717) is 19.8 Å². The van der Waals surface area contributed by atoms with Crippen LogP contribution in [-0.4, -0.2) is 68.5 Å². The zero-order valence-corrected chi connectivity index (χ0v) is 12.9. The highest BCUT2D eigenvalue weighted by molar-refractivity contribution is 5.08. The Morgan fingerprint density at radius 1 is 1.50 bits per heavy atom. The van der Waals surface area contributed by atoms with Crippen molar-refractivity contribution in [3.05, 3.63) is 23.5 Å². The lowest BCUT2D eigenvalue weighted by atomic mass is 10.2. The first-order valence-corrected chi connectivity index (χ1v) is 7.35. The first-order chi connectivity index (χ1) is 10.8. The van der Waals surface area contributed by atoms with Crippen molar-refractivity contribution in [3.63, 3.8) is 0 Å². The third-order valence-electron chi connectivity index (χ3n) is 3.81. The zero-order chi connectivity index (χ0) is 15.4. The van der Waals surface area contributed by atoms with Crippen molar-refractivity contribution in [3.8, 4) is 0 Å². The molecule has 2 aromatic rings. The molecule has 0 aliphatic carbocycles. The predicted octanol–water partition coefficient (Wildman–Crippen LogP) is -0.0755. The summed E-state index contributed by atoms with van der Waals surface area (Å²) in [7, 11) is 1.66. The predicted molar refractivity (Wildman–Crippen MR) is 77.0 cm³/mol. The third-order valence-corrected chi connectivity index (χ3v) is 3.81. The number of morpholine rings is 1. The fraction of sp³-hybridized carbons (Fsp3) is 0.692. The Bertz CT molecular complexity index is 597. The highest BCUT2D eigenvalue weighted by Gasteiger charge is 2.27. The van der Waals surface area contributed by atoms with Crippen LogP contribution in [0, 0.1) is 6.92 Å². The number of rotatable bonds is 6. The van der Waals surface area contributed by atoms with E-state index in [1.54, 1.807) is 18.1 Å². The molecule has 1 fully saturated rings. The van der Waals surface area contributed by atoms with Crippen LogP contribution in [-0.2, 0) is 22.6 Å². The first kappa shape index (κ1) is 15.1. The van der Waals surface area contributed by atoms with Crippen molar-refractivity contribution in [1.82, 2.24) is 35.1 Å². The number of aromatic amines is 1. The van der Waals surface area contributed by atoms with E-state index in [1.807, 2.05) is 6.92 Å². The van der Waals surface area contributed by atoms with E-state index in [1.165, 1.54) is 0 Å². The van der Waals surface area contributed by atoms with Gasteiger partial charge in [0, 0.05) is 32.4 Å². The number of hydrogen-bond acceptors (Lipinski definition) is 7. The van der Waals surface area contributed by atoms with Gasteiger partial charge in [-0.1, -0.05) is 0 Å². The maximum Gasteiger partial charge on any atom is 0.181 e. The van der Waals surface area contributed by atoms with Crippen LogP contribution in [0.2, 0.25) is 0 Å². The number of nitrogens with zero attached hydrogens (tertiary/aromatic N) is 6. The Balaban J connectivity index is 1.65. The largest absolute Gasteiger partial charge is 0.383 e. The van der Waals surface area contributed by atoms with Crippen molar-refractivity contribution in [1.29, 1.82) is 0 Å². The smallest absolute Gasteiger partial charge is 0.181 e. The second-order valence-electron chi connectivity index (χ2n) is 5.32. The summed E-state index contributed by atoms with van der Waals surface area (Å²) in [6.45, 7) is 6.31. The summed E-state index contributed by atoms with van der Waals surface area (Å²) in [5.74, 6) is 0.750. The van der Waals surface area contributed by atoms with Gasteiger partial charge >= 0.3 is 0 Å². The molecule has 9 nitrogen and oxygen atoms in total. The van der Waals surface area contributed by atoms with E-state index in [-0.39, 0.29) is 6.10 Å².